The van der Waals surface area contributed by atoms with Crippen LogP contribution in [-0.2, 0) is 9.59 Å². The smallest absolute Gasteiger partial charge is 0.305 e. The number of nitrogens with one attached hydrogen (secondary N) is 1. The molecule has 1 fully saturated rings. The van der Waals surface area contributed by atoms with E-state index in [0.717, 1.165) is 6.54 Å². The van der Waals surface area contributed by atoms with Gasteiger partial charge in [0, 0.05) is 19.1 Å². The standard InChI is InChI=1S/C12H22N2O3/c1-8(2)14(5-4-11(15)16)12(17)10-7-13-6-9(10)3/h8-10,13H,4-7H2,1-3H3,(H,15,16)/t9-,10-/m1/s1. The minimum absolute atomic E-state index is 0.00815. The maximum absolute atomic E-state index is 12.3. The fraction of sp³-hybridized carbons (Fsp3) is 0.833. The molecule has 0 aliphatic carbocycles. The number of carbonyl (C=O) groups excluding carboxylic acids is 1. The summed E-state index contributed by atoms with van der Waals surface area (Å²) in [6.45, 7) is 7.77. The Morgan fingerprint density at radius 2 is 2.06 bits per heavy atom. The van der Waals surface area contributed by atoms with Crippen LogP contribution in [0.1, 0.15) is 27.2 Å². The number of carbonyl (C=O) groups is 2. The molecule has 0 unspecified atom stereocenters. The highest BCUT2D eigenvalue weighted by molar-refractivity contribution is 5.80. The van der Waals surface area contributed by atoms with Gasteiger partial charge in [-0.15, -0.1) is 0 Å². The van der Waals surface area contributed by atoms with Gasteiger partial charge < -0.3 is 15.3 Å². The molecule has 5 heteroatoms. The van der Waals surface area contributed by atoms with Crippen molar-refractivity contribution in [2.75, 3.05) is 19.6 Å². The van der Waals surface area contributed by atoms with Crippen LogP contribution in [0.15, 0.2) is 0 Å². The third kappa shape index (κ3) is 3.70. The maximum atomic E-state index is 12.3. The second-order valence-electron chi connectivity index (χ2n) is 5.01. The summed E-state index contributed by atoms with van der Waals surface area (Å²) in [5.41, 5.74) is 0. The van der Waals surface area contributed by atoms with Gasteiger partial charge in [0.15, 0.2) is 0 Å². The molecule has 98 valence electrons. The number of nitrogens with zero attached hydrogens (tertiary/aromatic N) is 1. The van der Waals surface area contributed by atoms with Gasteiger partial charge in [-0.25, -0.2) is 0 Å². The molecule has 1 saturated heterocycles. The Kier molecular flexibility index (Phi) is 4.93. The van der Waals surface area contributed by atoms with Crippen molar-refractivity contribution in [2.24, 2.45) is 11.8 Å². The third-order valence-corrected chi connectivity index (χ3v) is 3.31. The molecule has 0 aromatic heterocycles. The quantitative estimate of drug-likeness (QED) is 0.739. The van der Waals surface area contributed by atoms with Crippen molar-refractivity contribution in [2.45, 2.75) is 33.2 Å². The Morgan fingerprint density at radius 1 is 1.41 bits per heavy atom. The van der Waals surface area contributed by atoms with Gasteiger partial charge in [-0.3, -0.25) is 9.59 Å². The first-order chi connectivity index (χ1) is 7.93. The van der Waals surface area contributed by atoms with Gasteiger partial charge >= 0.3 is 5.97 Å². The molecule has 1 heterocycles. The predicted octanol–water partition coefficient (Wildman–Crippen LogP) is 0.554. The fourth-order valence-electron chi connectivity index (χ4n) is 2.19. The molecule has 2 N–H and O–H groups in total. The van der Waals surface area contributed by atoms with E-state index in [9.17, 15) is 9.59 Å². The first kappa shape index (κ1) is 14.0. The van der Waals surface area contributed by atoms with Gasteiger partial charge in [0.05, 0.1) is 12.3 Å². The van der Waals surface area contributed by atoms with Gasteiger partial charge in [0.1, 0.15) is 0 Å². The highest BCUT2D eigenvalue weighted by Crippen LogP contribution is 2.20. The normalized spacial score (nSPS) is 24.0. The van der Waals surface area contributed by atoms with Gasteiger partial charge in [0.25, 0.3) is 0 Å². The van der Waals surface area contributed by atoms with Crippen LogP contribution in [-0.4, -0.2) is 47.6 Å². The monoisotopic (exact) mass is 242 g/mol. The molecule has 1 aliphatic heterocycles. The summed E-state index contributed by atoms with van der Waals surface area (Å²) < 4.78 is 0. The van der Waals surface area contributed by atoms with Crippen LogP contribution >= 0.6 is 0 Å². The molecule has 17 heavy (non-hydrogen) atoms. The number of carboxylic acid groups (broad SMARTS) is 1. The van der Waals surface area contributed by atoms with Crippen molar-refractivity contribution in [1.29, 1.82) is 0 Å². The van der Waals surface area contributed by atoms with E-state index in [1.807, 2.05) is 13.8 Å². The van der Waals surface area contributed by atoms with Crippen LogP contribution in [0.25, 0.3) is 0 Å². The first-order valence-electron chi connectivity index (χ1n) is 6.16. The van der Waals surface area contributed by atoms with Crippen LogP contribution in [0.3, 0.4) is 0 Å². The highest BCUT2D eigenvalue weighted by Gasteiger charge is 2.33. The summed E-state index contributed by atoms with van der Waals surface area (Å²) in [5, 5.41) is 11.9. The van der Waals surface area contributed by atoms with Crippen molar-refractivity contribution in [3.8, 4) is 0 Å². The van der Waals surface area contributed by atoms with E-state index in [1.54, 1.807) is 4.90 Å². The molecular weight excluding hydrogens is 220 g/mol. The Labute approximate surface area is 102 Å². The summed E-state index contributed by atoms with van der Waals surface area (Å²) in [5.74, 6) is -0.459. The van der Waals surface area contributed by atoms with Gasteiger partial charge in [0.2, 0.25) is 5.91 Å². The molecule has 0 spiro atoms. The summed E-state index contributed by atoms with van der Waals surface area (Å²) >= 11 is 0. The molecule has 5 nitrogen and oxygen atoms in total. The average molecular weight is 242 g/mol. The lowest BCUT2D eigenvalue weighted by Crippen LogP contribution is -2.43. The molecule has 1 rings (SSSR count). The van der Waals surface area contributed by atoms with Crippen LogP contribution in [0, 0.1) is 11.8 Å². The van der Waals surface area contributed by atoms with E-state index in [-0.39, 0.29) is 24.3 Å². The summed E-state index contributed by atoms with van der Waals surface area (Å²) in [6, 6.07) is 0.0506. The Morgan fingerprint density at radius 3 is 2.47 bits per heavy atom. The topological polar surface area (TPSA) is 69.6 Å². The lowest BCUT2D eigenvalue weighted by Gasteiger charge is -2.30. The SMILES string of the molecule is CC(C)N(CCC(=O)O)C(=O)[C@@H]1CNC[C@H]1C. The lowest BCUT2D eigenvalue weighted by molar-refractivity contribution is -0.141. The van der Waals surface area contributed by atoms with Gasteiger partial charge in [-0.1, -0.05) is 6.92 Å². The number of amides is 1. The van der Waals surface area contributed by atoms with Gasteiger partial charge in [-0.05, 0) is 26.3 Å². The maximum Gasteiger partial charge on any atom is 0.305 e. The minimum Gasteiger partial charge on any atom is -0.481 e. The zero-order valence-corrected chi connectivity index (χ0v) is 10.8. The largest absolute Gasteiger partial charge is 0.481 e. The summed E-state index contributed by atoms with van der Waals surface area (Å²) in [6.07, 6.45) is 0.0124. The van der Waals surface area contributed by atoms with E-state index < -0.39 is 5.97 Å². The van der Waals surface area contributed by atoms with Crippen LogP contribution in [0.2, 0.25) is 0 Å². The average Bonchev–Trinajstić information content (AvgIpc) is 2.63. The van der Waals surface area contributed by atoms with E-state index in [2.05, 4.69) is 12.2 Å². The fourth-order valence-corrected chi connectivity index (χ4v) is 2.19. The molecule has 2 atom stereocenters. The van der Waals surface area contributed by atoms with E-state index in [1.165, 1.54) is 0 Å². The van der Waals surface area contributed by atoms with Crippen molar-refractivity contribution in [3.63, 3.8) is 0 Å². The zero-order chi connectivity index (χ0) is 13.0. The Bertz CT molecular complexity index is 291. The number of hydrogen-bond acceptors (Lipinski definition) is 3. The van der Waals surface area contributed by atoms with Crippen molar-refractivity contribution >= 4 is 11.9 Å². The number of rotatable bonds is 5. The summed E-state index contributed by atoms with van der Waals surface area (Å²) in [7, 11) is 0. The van der Waals surface area contributed by atoms with E-state index >= 15 is 0 Å². The molecule has 0 aromatic rings. The Hall–Kier alpha value is -1.10. The molecule has 0 radical (unpaired) electrons. The van der Waals surface area contributed by atoms with Crippen molar-refractivity contribution < 1.29 is 14.7 Å². The number of carboxylic acids is 1. The van der Waals surface area contributed by atoms with Gasteiger partial charge in [-0.2, -0.15) is 0 Å². The zero-order valence-electron chi connectivity index (χ0n) is 10.8. The van der Waals surface area contributed by atoms with E-state index in [0.29, 0.717) is 19.0 Å². The molecule has 0 saturated carbocycles. The van der Waals surface area contributed by atoms with Crippen LogP contribution in [0.4, 0.5) is 0 Å². The second-order valence-corrected chi connectivity index (χ2v) is 5.01. The highest BCUT2D eigenvalue weighted by atomic mass is 16.4. The van der Waals surface area contributed by atoms with Crippen molar-refractivity contribution in [3.05, 3.63) is 0 Å². The molecule has 1 aliphatic rings. The van der Waals surface area contributed by atoms with Crippen LogP contribution in [0.5, 0.6) is 0 Å². The number of aliphatic carboxylic acids is 1. The summed E-state index contributed by atoms with van der Waals surface area (Å²) in [4.78, 5) is 24.6. The predicted molar refractivity (Wildman–Crippen MR) is 64.6 cm³/mol. The molecule has 0 aromatic carbocycles. The minimum atomic E-state index is -0.860. The second kappa shape index (κ2) is 6.00. The molecule has 0 bridgehead atoms. The Balaban J connectivity index is 2.63. The van der Waals surface area contributed by atoms with Crippen molar-refractivity contribution in [1.82, 2.24) is 10.2 Å². The third-order valence-electron chi connectivity index (χ3n) is 3.31. The first-order valence-corrected chi connectivity index (χ1v) is 6.16. The van der Waals surface area contributed by atoms with E-state index in [4.69, 9.17) is 5.11 Å². The van der Waals surface area contributed by atoms with Crippen LogP contribution < -0.4 is 5.32 Å². The molecular formula is C12H22N2O3. The number of hydrogen-bond donors (Lipinski definition) is 2. The molecule has 1 amide bonds. The lowest BCUT2D eigenvalue weighted by atomic mass is 9.96.